The van der Waals surface area contributed by atoms with Crippen molar-refractivity contribution < 1.29 is 4.79 Å². The predicted octanol–water partition coefficient (Wildman–Crippen LogP) is 5.36. The summed E-state index contributed by atoms with van der Waals surface area (Å²) in [5.74, 6) is 1.06. The van der Waals surface area contributed by atoms with Crippen molar-refractivity contribution in [2.45, 2.75) is 46.0 Å². The molecule has 0 aliphatic carbocycles. The second-order valence-corrected chi connectivity index (χ2v) is 6.24. The third kappa shape index (κ3) is 3.81. The van der Waals surface area contributed by atoms with Gasteiger partial charge in [0, 0.05) is 12.0 Å². The molecule has 0 aliphatic heterocycles. The molecule has 0 spiro atoms. The van der Waals surface area contributed by atoms with E-state index in [4.69, 9.17) is 0 Å². The molecule has 110 valence electrons. The van der Waals surface area contributed by atoms with E-state index in [1.807, 2.05) is 36.4 Å². The van der Waals surface area contributed by atoms with Crippen LogP contribution in [0.2, 0.25) is 0 Å². The van der Waals surface area contributed by atoms with Gasteiger partial charge < -0.3 is 0 Å². The number of carbonyl (C=O) groups is 1. The number of rotatable bonds is 5. The van der Waals surface area contributed by atoms with Crippen molar-refractivity contribution >= 4 is 5.78 Å². The van der Waals surface area contributed by atoms with Gasteiger partial charge in [-0.3, -0.25) is 4.79 Å². The zero-order valence-electron chi connectivity index (χ0n) is 13.4. The van der Waals surface area contributed by atoms with E-state index < -0.39 is 0 Å². The lowest BCUT2D eigenvalue weighted by atomic mass is 9.88. The first-order chi connectivity index (χ1) is 9.99. The van der Waals surface area contributed by atoms with Gasteiger partial charge in [0.15, 0.2) is 5.78 Å². The smallest absolute Gasteiger partial charge is 0.167 e. The Hall–Kier alpha value is -1.89. The normalized spacial score (nSPS) is 11.1. The van der Waals surface area contributed by atoms with Gasteiger partial charge in [-0.15, -0.1) is 0 Å². The van der Waals surface area contributed by atoms with Crippen molar-refractivity contribution in [1.82, 2.24) is 0 Å². The molecule has 0 aromatic heterocycles. The summed E-state index contributed by atoms with van der Waals surface area (Å²) < 4.78 is 0. The van der Waals surface area contributed by atoms with Gasteiger partial charge in [0.05, 0.1) is 0 Å². The molecule has 1 heteroatoms. The fourth-order valence-corrected chi connectivity index (χ4v) is 2.55. The van der Waals surface area contributed by atoms with Gasteiger partial charge in [-0.1, -0.05) is 76.2 Å². The number of hydrogen-bond donors (Lipinski definition) is 0. The molecule has 0 heterocycles. The number of ketones is 1. The largest absolute Gasteiger partial charge is 0.294 e. The van der Waals surface area contributed by atoms with Crippen LogP contribution in [0.3, 0.4) is 0 Å². The van der Waals surface area contributed by atoms with Crippen molar-refractivity contribution in [3.63, 3.8) is 0 Å². The van der Waals surface area contributed by atoms with Crippen LogP contribution in [0.1, 0.15) is 66.6 Å². The van der Waals surface area contributed by atoms with Crippen molar-refractivity contribution in [3.8, 4) is 0 Å². The minimum atomic E-state index is 0.209. The predicted molar refractivity (Wildman–Crippen MR) is 89.1 cm³/mol. The lowest BCUT2D eigenvalue weighted by Crippen LogP contribution is -2.09. The molecule has 0 bridgehead atoms. The Morgan fingerprint density at radius 3 is 2.14 bits per heavy atom. The van der Waals surface area contributed by atoms with Crippen LogP contribution in [0.5, 0.6) is 0 Å². The molecular weight excluding hydrogens is 256 g/mol. The van der Waals surface area contributed by atoms with Crippen LogP contribution in [-0.4, -0.2) is 5.78 Å². The summed E-state index contributed by atoms with van der Waals surface area (Å²) in [5, 5.41) is 0. The topological polar surface area (TPSA) is 17.1 Å². The molecule has 0 saturated heterocycles. The fraction of sp³-hybridized carbons (Fsp3) is 0.350. The van der Waals surface area contributed by atoms with Gasteiger partial charge in [0.1, 0.15) is 0 Å². The maximum absolute atomic E-state index is 12.6. The Kier molecular flexibility index (Phi) is 4.95. The monoisotopic (exact) mass is 280 g/mol. The summed E-state index contributed by atoms with van der Waals surface area (Å²) in [6.07, 6.45) is 0.474. The molecule has 0 unspecified atom stereocenters. The highest BCUT2D eigenvalue weighted by molar-refractivity contribution is 5.99. The molecule has 2 aromatic rings. The quantitative estimate of drug-likeness (QED) is 0.674. The minimum absolute atomic E-state index is 0.209. The Morgan fingerprint density at radius 1 is 0.905 bits per heavy atom. The van der Waals surface area contributed by atoms with Crippen molar-refractivity contribution in [1.29, 1.82) is 0 Å². The molecular formula is C20H24O. The summed E-state index contributed by atoms with van der Waals surface area (Å²) in [6, 6.07) is 16.3. The second-order valence-electron chi connectivity index (χ2n) is 6.24. The summed E-state index contributed by atoms with van der Waals surface area (Å²) in [6.45, 7) is 8.67. The Labute approximate surface area is 128 Å². The highest BCUT2D eigenvalue weighted by atomic mass is 16.1. The zero-order chi connectivity index (χ0) is 15.4. The standard InChI is InChI=1S/C20H24O/c1-14(2)17-10-11-18(19(13-17)15(3)4)20(21)12-16-8-6-5-7-9-16/h5-11,13-15H,12H2,1-4H3. The third-order valence-electron chi connectivity index (χ3n) is 3.87. The molecule has 2 aromatic carbocycles. The van der Waals surface area contributed by atoms with Crippen LogP contribution >= 0.6 is 0 Å². The van der Waals surface area contributed by atoms with Crippen LogP contribution in [0, 0.1) is 0 Å². The van der Waals surface area contributed by atoms with E-state index in [0.717, 1.165) is 11.1 Å². The molecule has 0 atom stereocenters. The first kappa shape index (κ1) is 15.5. The van der Waals surface area contributed by atoms with Gasteiger partial charge in [-0.25, -0.2) is 0 Å². The Balaban J connectivity index is 2.32. The Morgan fingerprint density at radius 2 is 1.57 bits per heavy atom. The molecule has 0 aliphatic rings. The number of Topliss-reactive ketones (excluding diaryl/α,β-unsaturated/α-hetero) is 1. The molecule has 0 saturated carbocycles. The molecule has 21 heavy (non-hydrogen) atoms. The maximum atomic E-state index is 12.6. The molecule has 0 radical (unpaired) electrons. The van der Waals surface area contributed by atoms with E-state index in [2.05, 4.69) is 39.8 Å². The van der Waals surface area contributed by atoms with E-state index >= 15 is 0 Å². The average Bonchev–Trinajstić information content (AvgIpc) is 2.47. The number of carbonyl (C=O) groups excluding carboxylic acids is 1. The SMILES string of the molecule is CC(C)c1ccc(C(=O)Cc2ccccc2)c(C(C)C)c1. The Bertz CT molecular complexity index is 609. The summed E-state index contributed by atoms with van der Waals surface area (Å²) in [7, 11) is 0. The van der Waals surface area contributed by atoms with Gasteiger partial charge in [0.25, 0.3) is 0 Å². The fourth-order valence-electron chi connectivity index (χ4n) is 2.55. The first-order valence-corrected chi connectivity index (χ1v) is 7.70. The first-order valence-electron chi connectivity index (χ1n) is 7.70. The van der Waals surface area contributed by atoms with Gasteiger partial charge >= 0.3 is 0 Å². The molecule has 0 fully saturated rings. The number of hydrogen-bond acceptors (Lipinski definition) is 1. The summed E-state index contributed by atoms with van der Waals surface area (Å²) >= 11 is 0. The van der Waals surface area contributed by atoms with Crippen LogP contribution < -0.4 is 0 Å². The highest BCUT2D eigenvalue weighted by Gasteiger charge is 2.15. The van der Waals surface area contributed by atoms with Crippen LogP contribution in [0.4, 0.5) is 0 Å². The zero-order valence-corrected chi connectivity index (χ0v) is 13.4. The molecule has 0 N–H and O–H groups in total. The summed E-state index contributed by atoms with van der Waals surface area (Å²) in [5.41, 5.74) is 4.42. The van der Waals surface area contributed by atoms with E-state index in [0.29, 0.717) is 18.3 Å². The number of benzene rings is 2. The average molecular weight is 280 g/mol. The van der Waals surface area contributed by atoms with E-state index in [9.17, 15) is 4.79 Å². The van der Waals surface area contributed by atoms with Gasteiger partial charge in [0.2, 0.25) is 0 Å². The van der Waals surface area contributed by atoms with E-state index in [-0.39, 0.29) is 5.78 Å². The van der Waals surface area contributed by atoms with Crippen LogP contribution in [-0.2, 0) is 6.42 Å². The highest BCUT2D eigenvalue weighted by Crippen LogP contribution is 2.26. The summed E-state index contributed by atoms with van der Waals surface area (Å²) in [4.78, 5) is 12.6. The van der Waals surface area contributed by atoms with Gasteiger partial charge in [-0.05, 0) is 28.5 Å². The van der Waals surface area contributed by atoms with Crippen LogP contribution in [0.15, 0.2) is 48.5 Å². The second kappa shape index (κ2) is 6.71. The lowest BCUT2D eigenvalue weighted by molar-refractivity contribution is 0.0991. The molecule has 0 amide bonds. The molecule has 1 nitrogen and oxygen atoms in total. The minimum Gasteiger partial charge on any atom is -0.294 e. The third-order valence-corrected chi connectivity index (χ3v) is 3.87. The van der Waals surface area contributed by atoms with E-state index in [1.54, 1.807) is 0 Å². The van der Waals surface area contributed by atoms with Crippen molar-refractivity contribution in [2.24, 2.45) is 0 Å². The maximum Gasteiger partial charge on any atom is 0.167 e. The van der Waals surface area contributed by atoms with Crippen LogP contribution in [0.25, 0.3) is 0 Å². The van der Waals surface area contributed by atoms with Gasteiger partial charge in [-0.2, -0.15) is 0 Å². The molecule has 2 rings (SSSR count). The van der Waals surface area contributed by atoms with Crippen molar-refractivity contribution in [2.75, 3.05) is 0 Å². The van der Waals surface area contributed by atoms with E-state index in [1.165, 1.54) is 11.1 Å². The lowest BCUT2D eigenvalue weighted by Gasteiger charge is -2.15. The van der Waals surface area contributed by atoms with Crippen molar-refractivity contribution in [3.05, 3.63) is 70.8 Å².